The zero-order valence-electron chi connectivity index (χ0n) is 18.0. The minimum atomic E-state index is -0.855. The number of fused-ring (bicyclic) bond motifs is 3. The fraction of sp³-hybridized carbons (Fsp3) is 0.538. The third-order valence-corrected chi connectivity index (χ3v) is 6.27. The quantitative estimate of drug-likeness (QED) is 0.471. The second kappa shape index (κ2) is 9.71. The molecule has 0 radical (unpaired) electrons. The molecule has 0 heterocycles. The van der Waals surface area contributed by atoms with Gasteiger partial charge in [0.25, 0.3) is 0 Å². The van der Waals surface area contributed by atoms with Gasteiger partial charge in [0.1, 0.15) is 5.60 Å². The molecule has 1 aliphatic rings. The zero-order valence-corrected chi connectivity index (χ0v) is 18.0. The minimum absolute atomic E-state index is 0.771. The molecule has 2 aromatic rings. The summed E-state index contributed by atoms with van der Waals surface area (Å²) in [4.78, 5) is 0. The van der Waals surface area contributed by atoms with Gasteiger partial charge in [0.05, 0.1) is 0 Å². The van der Waals surface area contributed by atoms with Crippen molar-refractivity contribution in [3.05, 3.63) is 58.7 Å². The highest BCUT2D eigenvalue weighted by Gasteiger charge is 2.41. The number of unbranched alkanes of at least 4 members (excludes halogenated alkanes) is 3. The van der Waals surface area contributed by atoms with Crippen molar-refractivity contribution in [2.24, 2.45) is 0 Å². The number of aliphatic hydroxyl groups is 1. The van der Waals surface area contributed by atoms with Crippen molar-refractivity contribution in [2.45, 2.75) is 77.7 Å². The van der Waals surface area contributed by atoms with Crippen LogP contribution in [-0.2, 0) is 18.4 Å². The van der Waals surface area contributed by atoms with Crippen molar-refractivity contribution in [2.75, 3.05) is 13.1 Å². The van der Waals surface area contributed by atoms with Gasteiger partial charge in [-0.1, -0.05) is 76.4 Å². The van der Waals surface area contributed by atoms with Gasteiger partial charge in [-0.25, -0.2) is 0 Å². The second-order valence-electron chi connectivity index (χ2n) is 8.24. The van der Waals surface area contributed by atoms with Crippen LogP contribution in [0.3, 0.4) is 0 Å². The van der Waals surface area contributed by atoms with Crippen molar-refractivity contribution in [3.8, 4) is 11.1 Å². The van der Waals surface area contributed by atoms with Crippen LogP contribution in [0.4, 0.5) is 0 Å². The van der Waals surface area contributed by atoms with Gasteiger partial charge < -0.3 is 10.4 Å². The van der Waals surface area contributed by atoms with Crippen LogP contribution in [-0.4, -0.2) is 18.2 Å². The molecule has 2 nitrogen and oxygen atoms in total. The van der Waals surface area contributed by atoms with Crippen molar-refractivity contribution < 1.29 is 5.11 Å². The van der Waals surface area contributed by atoms with Crippen molar-refractivity contribution in [1.29, 1.82) is 0 Å². The highest BCUT2D eigenvalue weighted by molar-refractivity contribution is 5.81. The molecule has 0 saturated heterocycles. The fourth-order valence-corrected chi connectivity index (χ4v) is 4.47. The number of rotatable bonds is 11. The summed E-state index contributed by atoms with van der Waals surface area (Å²) in [5.74, 6) is 0. The average Bonchev–Trinajstić information content (AvgIpc) is 2.97. The number of hydrogen-bond acceptors (Lipinski definition) is 2. The Morgan fingerprint density at radius 3 is 2.21 bits per heavy atom. The first-order valence-corrected chi connectivity index (χ1v) is 11.3. The van der Waals surface area contributed by atoms with Gasteiger partial charge in [0, 0.05) is 0 Å². The molecule has 1 aliphatic carbocycles. The lowest BCUT2D eigenvalue weighted by Gasteiger charge is -2.26. The molecule has 2 aromatic carbocycles. The Morgan fingerprint density at radius 1 is 0.750 bits per heavy atom. The predicted molar refractivity (Wildman–Crippen MR) is 120 cm³/mol. The topological polar surface area (TPSA) is 32.3 Å². The van der Waals surface area contributed by atoms with Crippen molar-refractivity contribution >= 4 is 0 Å². The van der Waals surface area contributed by atoms with E-state index in [2.05, 4.69) is 62.5 Å². The highest BCUT2D eigenvalue weighted by Crippen LogP contribution is 2.50. The molecule has 3 rings (SSSR count). The summed E-state index contributed by atoms with van der Waals surface area (Å²) in [6, 6.07) is 13.3. The molecule has 2 N–H and O–H groups in total. The van der Waals surface area contributed by atoms with E-state index in [1.54, 1.807) is 0 Å². The molecule has 1 atom stereocenters. The van der Waals surface area contributed by atoms with Gasteiger partial charge in [-0.2, -0.15) is 0 Å². The van der Waals surface area contributed by atoms with Crippen LogP contribution in [0.25, 0.3) is 11.1 Å². The average molecular weight is 380 g/mol. The fourth-order valence-electron chi connectivity index (χ4n) is 4.47. The van der Waals surface area contributed by atoms with Crippen LogP contribution in [0.15, 0.2) is 36.4 Å². The number of aryl methyl sites for hydroxylation is 2. The van der Waals surface area contributed by atoms with Crippen LogP contribution in [0.1, 0.15) is 81.5 Å². The van der Waals surface area contributed by atoms with E-state index in [0.29, 0.717) is 0 Å². The van der Waals surface area contributed by atoms with E-state index in [4.69, 9.17) is 0 Å². The van der Waals surface area contributed by atoms with E-state index < -0.39 is 5.60 Å². The third kappa shape index (κ3) is 4.34. The SMILES string of the molecule is CCCCCCNCCCC1(O)c2ccc(CC)cc2-c2ccc(CC)cc21. The molecule has 0 aromatic heterocycles. The Bertz CT molecular complexity index is 782. The lowest BCUT2D eigenvalue weighted by molar-refractivity contribution is 0.0734. The molecule has 0 saturated carbocycles. The molecule has 0 fully saturated rings. The predicted octanol–water partition coefficient (Wildman–Crippen LogP) is 5.98. The monoisotopic (exact) mass is 379 g/mol. The second-order valence-corrected chi connectivity index (χ2v) is 8.24. The first-order chi connectivity index (χ1) is 13.6. The molecule has 0 amide bonds. The first-order valence-electron chi connectivity index (χ1n) is 11.3. The maximum atomic E-state index is 11.8. The van der Waals surface area contributed by atoms with Gasteiger partial charge in [-0.05, 0) is 78.6 Å². The molecule has 0 bridgehead atoms. The maximum absolute atomic E-state index is 11.8. The summed E-state index contributed by atoms with van der Waals surface area (Å²) in [5, 5.41) is 15.4. The van der Waals surface area contributed by atoms with Crippen LogP contribution < -0.4 is 5.32 Å². The van der Waals surface area contributed by atoms with Crippen molar-refractivity contribution in [3.63, 3.8) is 0 Å². The lowest BCUT2D eigenvalue weighted by Crippen LogP contribution is -2.27. The summed E-state index contributed by atoms with van der Waals surface area (Å²) in [7, 11) is 0. The van der Waals surface area contributed by atoms with Gasteiger partial charge in [0.15, 0.2) is 0 Å². The molecule has 1 unspecified atom stereocenters. The van der Waals surface area contributed by atoms with E-state index in [9.17, 15) is 5.11 Å². The van der Waals surface area contributed by atoms with Gasteiger partial charge in [-0.3, -0.25) is 0 Å². The standard InChI is InChI=1S/C26H37NO/c1-4-7-8-9-16-27-17-10-15-26(28)24-14-12-20(5-2)18-23(24)22-13-11-21(6-3)19-25(22)26/h11-14,18-19,27-28H,4-10,15-17H2,1-3H3. The van der Waals surface area contributed by atoms with E-state index in [-0.39, 0.29) is 0 Å². The Labute approximate surface area is 171 Å². The van der Waals surface area contributed by atoms with Gasteiger partial charge in [-0.15, -0.1) is 0 Å². The third-order valence-electron chi connectivity index (χ3n) is 6.27. The van der Waals surface area contributed by atoms with Crippen LogP contribution in [0, 0.1) is 0 Å². The number of hydrogen-bond donors (Lipinski definition) is 2. The Balaban J connectivity index is 1.74. The molecule has 28 heavy (non-hydrogen) atoms. The van der Waals surface area contributed by atoms with E-state index in [1.165, 1.54) is 47.9 Å². The number of benzene rings is 2. The Kier molecular flexibility index (Phi) is 7.31. The van der Waals surface area contributed by atoms with Crippen molar-refractivity contribution in [1.82, 2.24) is 5.32 Å². The first kappa shape index (κ1) is 21.1. The number of nitrogens with one attached hydrogen (secondary N) is 1. The molecule has 0 aliphatic heterocycles. The molecule has 0 spiro atoms. The van der Waals surface area contributed by atoms with E-state index >= 15 is 0 Å². The summed E-state index contributed by atoms with van der Waals surface area (Å²) in [5.41, 5.74) is 6.43. The van der Waals surface area contributed by atoms with Gasteiger partial charge >= 0.3 is 0 Å². The summed E-state index contributed by atoms with van der Waals surface area (Å²) < 4.78 is 0. The zero-order chi connectivity index (χ0) is 20.0. The minimum Gasteiger partial charge on any atom is -0.380 e. The Morgan fingerprint density at radius 2 is 1.46 bits per heavy atom. The summed E-state index contributed by atoms with van der Waals surface area (Å²) in [6.07, 6.45) is 8.95. The van der Waals surface area contributed by atoms with Crippen LogP contribution in [0.5, 0.6) is 0 Å². The van der Waals surface area contributed by atoms with E-state index in [0.717, 1.165) is 49.9 Å². The largest absolute Gasteiger partial charge is 0.380 e. The summed E-state index contributed by atoms with van der Waals surface area (Å²) in [6.45, 7) is 8.68. The van der Waals surface area contributed by atoms with E-state index in [1.807, 2.05) is 0 Å². The normalized spacial score (nSPS) is 17.6. The molecular weight excluding hydrogens is 342 g/mol. The summed E-state index contributed by atoms with van der Waals surface area (Å²) >= 11 is 0. The molecule has 152 valence electrons. The van der Waals surface area contributed by atoms with Gasteiger partial charge in [0.2, 0.25) is 0 Å². The Hall–Kier alpha value is -1.64. The van der Waals surface area contributed by atoms with Crippen LogP contribution in [0.2, 0.25) is 0 Å². The van der Waals surface area contributed by atoms with Crippen LogP contribution >= 0.6 is 0 Å². The molecule has 2 heteroatoms. The lowest BCUT2D eigenvalue weighted by atomic mass is 9.86. The smallest absolute Gasteiger partial charge is 0.116 e. The highest BCUT2D eigenvalue weighted by atomic mass is 16.3. The maximum Gasteiger partial charge on any atom is 0.116 e. The molecular formula is C26H37NO.